The van der Waals surface area contributed by atoms with E-state index in [1.54, 1.807) is 17.7 Å². The molecule has 1 aromatic carbocycles. The first kappa shape index (κ1) is 26.1. The standard InChI is InChI=1S/C28H38BrN3O3/c1-4-35-13-5-6-21-14-20(15-26(29)19(21)2)18-32(23-7-8-23)28(34)25-17-30-11-9-24(25)22-10-12-31(3)27(33)16-22/h10,12,14-16,23-25,30H,4-9,11,13,17-18H2,1-3H3/t24?,25-/m0/s1. The van der Waals surface area contributed by atoms with Crippen molar-refractivity contribution in [3.05, 3.63) is 67.5 Å². The molecule has 0 spiro atoms. The van der Waals surface area contributed by atoms with Crippen LogP contribution in [0.1, 0.15) is 60.8 Å². The molecule has 4 rings (SSSR count). The Labute approximate surface area is 217 Å². The Morgan fingerprint density at radius 1 is 1.26 bits per heavy atom. The molecular weight excluding hydrogens is 506 g/mol. The third-order valence-electron chi connectivity index (χ3n) is 7.43. The zero-order valence-electron chi connectivity index (χ0n) is 21.2. The number of nitrogens with one attached hydrogen (secondary N) is 1. The van der Waals surface area contributed by atoms with Gasteiger partial charge < -0.3 is 19.5 Å². The first-order chi connectivity index (χ1) is 16.9. The topological polar surface area (TPSA) is 63.6 Å². The van der Waals surface area contributed by atoms with Gasteiger partial charge in [-0.1, -0.05) is 22.0 Å². The minimum absolute atomic E-state index is 0.0207. The zero-order chi connectivity index (χ0) is 24.9. The highest BCUT2D eigenvalue weighted by Crippen LogP contribution is 2.36. The predicted octanol–water partition coefficient (Wildman–Crippen LogP) is 4.31. The molecule has 2 heterocycles. The summed E-state index contributed by atoms with van der Waals surface area (Å²) in [4.78, 5) is 28.4. The lowest BCUT2D eigenvalue weighted by Crippen LogP contribution is -2.47. The summed E-state index contributed by atoms with van der Waals surface area (Å²) < 4.78 is 8.21. The Kier molecular flexibility index (Phi) is 8.84. The van der Waals surface area contributed by atoms with Crippen molar-refractivity contribution in [1.82, 2.24) is 14.8 Å². The summed E-state index contributed by atoms with van der Waals surface area (Å²) in [5, 5.41) is 3.43. The number of hydrogen-bond acceptors (Lipinski definition) is 4. The number of piperidine rings is 1. The van der Waals surface area contributed by atoms with E-state index in [4.69, 9.17) is 4.74 Å². The van der Waals surface area contributed by atoms with Crippen molar-refractivity contribution in [2.75, 3.05) is 26.3 Å². The van der Waals surface area contributed by atoms with Crippen LogP contribution < -0.4 is 10.9 Å². The molecule has 1 saturated heterocycles. The van der Waals surface area contributed by atoms with Gasteiger partial charge in [0.2, 0.25) is 5.91 Å². The zero-order valence-corrected chi connectivity index (χ0v) is 22.8. The van der Waals surface area contributed by atoms with Crippen LogP contribution in [0.2, 0.25) is 0 Å². The van der Waals surface area contributed by atoms with Gasteiger partial charge in [-0.05, 0) is 92.8 Å². The molecular formula is C28H38BrN3O3. The lowest BCUT2D eigenvalue weighted by atomic mass is 9.80. The van der Waals surface area contributed by atoms with Crippen LogP contribution in [-0.4, -0.2) is 47.7 Å². The molecule has 0 radical (unpaired) electrons. The fourth-order valence-electron chi connectivity index (χ4n) is 5.15. The van der Waals surface area contributed by atoms with E-state index in [-0.39, 0.29) is 23.3 Å². The highest BCUT2D eigenvalue weighted by molar-refractivity contribution is 9.10. The summed E-state index contributed by atoms with van der Waals surface area (Å²) in [6, 6.07) is 8.47. The third kappa shape index (κ3) is 6.43. The largest absolute Gasteiger partial charge is 0.382 e. The molecule has 35 heavy (non-hydrogen) atoms. The molecule has 1 aliphatic heterocycles. The van der Waals surface area contributed by atoms with Crippen LogP contribution in [0, 0.1) is 12.8 Å². The highest BCUT2D eigenvalue weighted by Gasteiger charge is 2.40. The maximum absolute atomic E-state index is 14.0. The maximum atomic E-state index is 14.0. The molecule has 0 bridgehead atoms. The van der Waals surface area contributed by atoms with Gasteiger partial charge >= 0.3 is 0 Å². The minimum Gasteiger partial charge on any atom is -0.382 e. The van der Waals surface area contributed by atoms with Crippen molar-refractivity contribution in [1.29, 1.82) is 0 Å². The highest BCUT2D eigenvalue weighted by atomic mass is 79.9. The Balaban J connectivity index is 1.54. The monoisotopic (exact) mass is 543 g/mol. The van der Waals surface area contributed by atoms with Crippen LogP contribution in [0.4, 0.5) is 0 Å². The normalized spacial score (nSPS) is 20.1. The average Bonchev–Trinajstić information content (AvgIpc) is 3.70. The first-order valence-electron chi connectivity index (χ1n) is 12.9. The van der Waals surface area contributed by atoms with Crippen LogP contribution in [0.3, 0.4) is 0 Å². The van der Waals surface area contributed by atoms with Crippen LogP contribution in [0.5, 0.6) is 0 Å². The van der Waals surface area contributed by atoms with Crippen LogP contribution >= 0.6 is 15.9 Å². The minimum atomic E-state index is -0.156. The Morgan fingerprint density at radius 2 is 2.06 bits per heavy atom. The molecule has 2 aromatic rings. The summed E-state index contributed by atoms with van der Waals surface area (Å²) in [5.74, 6) is 0.119. The van der Waals surface area contributed by atoms with Crippen molar-refractivity contribution < 1.29 is 9.53 Å². The first-order valence-corrected chi connectivity index (χ1v) is 13.7. The van der Waals surface area contributed by atoms with Gasteiger partial charge in [0.15, 0.2) is 0 Å². The maximum Gasteiger partial charge on any atom is 0.250 e. The second-order valence-corrected chi connectivity index (χ2v) is 10.8. The van der Waals surface area contributed by atoms with Crippen LogP contribution in [0.25, 0.3) is 0 Å². The molecule has 2 aliphatic rings. The van der Waals surface area contributed by atoms with Gasteiger partial charge in [-0.25, -0.2) is 0 Å². The molecule has 6 nitrogen and oxygen atoms in total. The van der Waals surface area contributed by atoms with Gasteiger partial charge in [-0.3, -0.25) is 9.59 Å². The number of ether oxygens (including phenoxy) is 1. The summed E-state index contributed by atoms with van der Waals surface area (Å²) >= 11 is 3.75. The van der Waals surface area contributed by atoms with E-state index in [1.807, 2.05) is 19.2 Å². The number of benzene rings is 1. The summed E-state index contributed by atoms with van der Waals surface area (Å²) in [5.41, 5.74) is 4.71. The molecule has 190 valence electrons. The Hall–Kier alpha value is -1.96. The van der Waals surface area contributed by atoms with Gasteiger partial charge in [-0.2, -0.15) is 0 Å². The van der Waals surface area contributed by atoms with E-state index in [1.165, 1.54) is 16.7 Å². The smallest absolute Gasteiger partial charge is 0.250 e. The Bertz CT molecular complexity index is 1100. The number of halogens is 1. The summed E-state index contributed by atoms with van der Waals surface area (Å²) in [7, 11) is 1.76. The molecule has 1 amide bonds. The lowest BCUT2D eigenvalue weighted by Gasteiger charge is -2.36. The van der Waals surface area contributed by atoms with Gasteiger partial charge in [0.1, 0.15) is 0 Å². The third-order valence-corrected chi connectivity index (χ3v) is 8.25. The number of rotatable bonds is 10. The lowest BCUT2D eigenvalue weighted by molar-refractivity contribution is -0.138. The van der Waals surface area contributed by atoms with Crippen molar-refractivity contribution >= 4 is 21.8 Å². The van der Waals surface area contributed by atoms with E-state index in [0.717, 1.165) is 61.9 Å². The van der Waals surface area contributed by atoms with Gasteiger partial charge in [-0.15, -0.1) is 0 Å². The SMILES string of the molecule is CCOCCCc1cc(CN(C(=O)[C@H]2CNCCC2c2ccn(C)c(=O)c2)C2CC2)cc(Br)c1C. The number of carbonyl (C=O) groups is 1. The number of hydrogen-bond donors (Lipinski definition) is 1. The molecule has 1 aliphatic carbocycles. The fraction of sp³-hybridized carbons (Fsp3) is 0.571. The summed E-state index contributed by atoms with van der Waals surface area (Å²) in [6.07, 6.45) is 6.77. The Morgan fingerprint density at radius 3 is 2.77 bits per heavy atom. The quantitative estimate of drug-likeness (QED) is 0.453. The van der Waals surface area contributed by atoms with Crippen LogP contribution in [0.15, 0.2) is 39.7 Å². The van der Waals surface area contributed by atoms with E-state index in [9.17, 15) is 9.59 Å². The van der Waals surface area contributed by atoms with Crippen molar-refractivity contribution in [2.45, 2.75) is 64.5 Å². The van der Waals surface area contributed by atoms with Gasteiger partial charge in [0, 0.05) is 56.1 Å². The van der Waals surface area contributed by atoms with Crippen molar-refractivity contribution in [2.24, 2.45) is 13.0 Å². The van der Waals surface area contributed by atoms with Gasteiger partial charge in [0.25, 0.3) is 5.56 Å². The van der Waals surface area contributed by atoms with Crippen molar-refractivity contribution in [3.63, 3.8) is 0 Å². The summed E-state index contributed by atoms with van der Waals surface area (Å²) in [6.45, 7) is 7.83. The number of carbonyl (C=O) groups excluding carboxylic acids is 1. The number of aryl methyl sites for hydroxylation is 2. The second-order valence-electron chi connectivity index (χ2n) is 9.97. The number of pyridine rings is 1. The number of nitrogens with zero attached hydrogens (tertiary/aromatic N) is 2. The fourth-order valence-corrected chi connectivity index (χ4v) is 5.70. The molecule has 1 N–H and O–H groups in total. The molecule has 1 saturated carbocycles. The van der Waals surface area contributed by atoms with Crippen molar-refractivity contribution in [3.8, 4) is 0 Å². The molecule has 1 aromatic heterocycles. The average molecular weight is 545 g/mol. The van der Waals surface area contributed by atoms with Crippen LogP contribution in [-0.2, 0) is 29.5 Å². The van der Waals surface area contributed by atoms with E-state index in [2.05, 4.69) is 45.2 Å². The number of amides is 1. The molecule has 2 fully saturated rings. The number of aromatic nitrogens is 1. The van der Waals surface area contributed by atoms with E-state index < -0.39 is 0 Å². The molecule has 7 heteroatoms. The molecule has 2 atom stereocenters. The predicted molar refractivity (Wildman–Crippen MR) is 143 cm³/mol. The molecule has 1 unspecified atom stereocenters. The van der Waals surface area contributed by atoms with Gasteiger partial charge in [0.05, 0.1) is 5.92 Å². The second kappa shape index (κ2) is 11.8. The van der Waals surface area contributed by atoms with E-state index in [0.29, 0.717) is 19.1 Å². The van der Waals surface area contributed by atoms with E-state index >= 15 is 0 Å².